The molecule has 0 radical (unpaired) electrons. The van der Waals surface area contributed by atoms with E-state index in [1.807, 2.05) is 23.9 Å². The maximum atomic E-state index is 12.4. The number of rotatable bonds is 5. The van der Waals surface area contributed by atoms with Crippen LogP contribution in [0.15, 0.2) is 53.4 Å². The van der Waals surface area contributed by atoms with Crippen molar-refractivity contribution in [2.45, 2.75) is 36.5 Å². The molecule has 0 bridgehead atoms. The average molecular weight is 355 g/mol. The molecule has 0 atom stereocenters. The van der Waals surface area contributed by atoms with Crippen molar-refractivity contribution >= 4 is 17.7 Å². The number of hydrogen-bond acceptors (Lipinski definition) is 3. The maximum absolute atomic E-state index is 12.4. The van der Waals surface area contributed by atoms with Gasteiger partial charge in [-0.15, -0.1) is 11.8 Å². The fraction of sp³-hybridized carbons (Fsp3) is 0.381. The monoisotopic (exact) mass is 354 g/mol. The number of piperidine rings is 1. The zero-order valence-electron chi connectivity index (χ0n) is 15.0. The molecule has 2 aromatic carbocycles. The van der Waals surface area contributed by atoms with Crippen molar-refractivity contribution in [3.63, 3.8) is 0 Å². The van der Waals surface area contributed by atoms with Crippen LogP contribution in [0.1, 0.15) is 34.3 Å². The summed E-state index contributed by atoms with van der Waals surface area (Å²) in [4.78, 5) is 16.0. The minimum absolute atomic E-state index is 0.0484. The van der Waals surface area contributed by atoms with Gasteiger partial charge in [-0.3, -0.25) is 4.79 Å². The first-order chi connectivity index (χ1) is 12.1. The third-order valence-corrected chi connectivity index (χ3v) is 5.78. The van der Waals surface area contributed by atoms with Crippen molar-refractivity contribution in [1.29, 1.82) is 0 Å². The van der Waals surface area contributed by atoms with Gasteiger partial charge in [0.25, 0.3) is 5.91 Å². The van der Waals surface area contributed by atoms with Gasteiger partial charge >= 0.3 is 0 Å². The standard InChI is InChI=1S/C21H26N2OS/c1-16-3-9-20(10-4-16)25-15-17-5-7-18(8-6-17)21(24)22-19-11-13-23(2)14-12-19/h3-10,19H,11-15H2,1-2H3,(H,22,24). The molecule has 3 nitrogen and oxygen atoms in total. The van der Waals surface area contributed by atoms with E-state index in [0.717, 1.165) is 37.2 Å². The third-order valence-electron chi connectivity index (χ3n) is 4.70. The topological polar surface area (TPSA) is 32.3 Å². The minimum atomic E-state index is 0.0484. The lowest BCUT2D eigenvalue weighted by atomic mass is 10.0. The van der Waals surface area contributed by atoms with E-state index in [9.17, 15) is 4.79 Å². The summed E-state index contributed by atoms with van der Waals surface area (Å²) in [5.41, 5.74) is 3.27. The van der Waals surface area contributed by atoms with E-state index in [-0.39, 0.29) is 5.91 Å². The lowest BCUT2D eigenvalue weighted by Crippen LogP contribution is -2.43. The molecule has 1 aliphatic rings. The lowest BCUT2D eigenvalue weighted by molar-refractivity contribution is 0.0917. The molecule has 2 aromatic rings. The van der Waals surface area contributed by atoms with Gasteiger partial charge in [-0.25, -0.2) is 0 Å². The van der Waals surface area contributed by atoms with Crippen molar-refractivity contribution < 1.29 is 4.79 Å². The molecule has 4 heteroatoms. The Morgan fingerprint density at radius 1 is 1.08 bits per heavy atom. The summed E-state index contributed by atoms with van der Waals surface area (Å²) in [5.74, 6) is 0.965. The zero-order valence-corrected chi connectivity index (χ0v) is 15.8. The number of nitrogens with one attached hydrogen (secondary N) is 1. The molecule has 0 aromatic heterocycles. The predicted molar refractivity (Wildman–Crippen MR) is 105 cm³/mol. The summed E-state index contributed by atoms with van der Waals surface area (Å²) in [5, 5.41) is 3.17. The molecule has 132 valence electrons. The molecule has 0 aliphatic carbocycles. The second-order valence-electron chi connectivity index (χ2n) is 6.85. The van der Waals surface area contributed by atoms with E-state index >= 15 is 0 Å². The quantitative estimate of drug-likeness (QED) is 0.820. The molecule has 1 heterocycles. The van der Waals surface area contributed by atoms with Crippen molar-refractivity contribution in [1.82, 2.24) is 10.2 Å². The first-order valence-electron chi connectivity index (χ1n) is 8.88. The molecule has 1 aliphatic heterocycles. The highest BCUT2D eigenvalue weighted by Crippen LogP contribution is 2.23. The number of likely N-dealkylation sites (tertiary alicyclic amines) is 1. The van der Waals surface area contributed by atoms with E-state index in [4.69, 9.17) is 0 Å². The molecular formula is C21H26N2OS. The number of aryl methyl sites for hydroxylation is 1. The number of hydrogen-bond donors (Lipinski definition) is 1. The Labute approximate surface area is 154 Å². The van der Waals surface area contributed by atoms with Crippen LogP contribution >= 0.6 is 11.8 Å². The summed E-state index contributed by atoms with van der Waals surface area (Å²) in [6.07, 6.45) is 2.07. The molecule has 3 rings (SSSR count). The van der Waals surface area contributed by atoms with Crippen molar-refractivity contribution in [2.75, 3.05) is 20.1 Å². The smallest absolute Gasteiger partial charge is 0.251 e. The van der Waals surface area contributed by atoms with Gasteiger partial charge in [-0.05, 0) is 69.7 Å². The van der Waals surface area contributed by atoms with Crippen LogP contribution < -0.4 is 5.32 Å². The van der Waals surface area contributed by atoms with Crippen LogP contribution in [0.2, 0.25) is 0 Å². The second kappa shape index (κ2) is 8.54. The van der Waals surface area contributed by atoms with Gasteiger partial charge in [0.2, 0.25) is 0 Å². The highest BCUT2D eigenvalue weighted by atomic mass is 32.2. The number of nitrogens with zero attached hydrogens (tertiary/aromatic N) is 1. The largest absolute Gasteiger partial charge is 0.349 e. The summed E-state index contributed by atoms with van der Waals surface area (Å²) in [6, 6.07) is 16.9. The Hall–Kier alpha value is -1.78. The number of carbonyl (C=O) groups is 1. The fourth-order valence-corrected chi connectivity index (χ4v) is 3.83. The third kappa shape index (κ3) is 5.35. The van der Waals surface area contributed by atoms with Crippen molar-refractivity contribution in [3.8, 4) is 0 Å². The Morgan fingerprint density at radius 3 is 2.36 bits per heavy atom. The number of amides is 1. The molecule has 1 saturated heterocycles. The highest BCUT2D eigenvalue weighted by Gasteiger charge is 2.18. The molecule has 25 heavy (non-hydrogen) atoms. The van der Waals surface area contributed by atoms with Gasteiger partial charge in [-0.2, -0.15) is 0 Å². The first kappa shape index (κ1) is 18.0. The summed E-state index contributed by atoms with van der Waals surface area (Å²) in [6.45, 7) is 4.21. The van der Waals surface area contributed by atoms with Crippen molar-refractivity contribution in [2.24, 2.45) is 0 Å². The number of benzene rings is 2. The zero-order chi connectivity index (χ0) is 17.6. The Bertz CT molecular complexity index is 689. The average Bonchev–Trinajstić information content (AvgIpc) is 2.63. The van der Waals surface area contributed by atoms with Gasteiger partial charge in [0.15, 0.2) is 0 Å². The van der Waals surface area contributed by atoms with Gasteiger partial charge < -0.3 is 10.2 Å². The number of thioether (sulfide) groups is 1. The molecule has 0 saturated carbocycles. The molecule has 0 spiro atoms. The van der Waals surface area contributed by atoms with Crippen molar-refractivity contribution in [3.05, 3.63) is 65.2 Å². The fourth-order valence-electron chi connectivity index (χ4n) is 2.98. The predicted octanol–water partition coefficient (Wildman–Crippen LogP) is 4.11. The van der Waals surface area contributed by atoms with Gasteiger partial charge in [-0.1, -0.05) is 29.8 Å². The van der Waals surface area contributed by atoms with Crippen LogP contribution in [0.25, 0.3) is 0 Å². The Balaban J connectivity index is 1.51. The molecule has 1 fully saturated rings. The second-order valence-corrected chi connectivity index (χ2v) is 7.90. The Morgan fingerprint density at radius 2 is 1.72 bits per heavy atom. The summed E-state index contributed by atoms with van der Waals surface area (Å²) in [7, 11) is 2.13. The van der Waals surface area contributed by atoms with E-state index in [0.29, 0.717) is 6.04 Å². The lowest BCUT2D eigenvalue weighted by Gasteiger charge is -2.29. The van der Waals surface area contributed by atoms with E-state index in [1.165, 1.54) is 16.0 Å². The molecular weight excluding hydrogens is 328 g/mol. The molecule has 0 unspecified atom stereocenters. The SMILES string of the molecule is Cc1ccc(SCc2ccc(C(=O)NC3CCN(C)CC3)cc2)cc1. The van der Waals surface area contributed by atoms with Gasteiger partial charge in [0.1, 0.15) is 0 Å². The van der Waals surface area contributed by atoms with Crippen LogP contribution in [0.5, 0.6) is 0 Å². The van der Waals surface area contributed by atoms with E-state index < -0.39 is 0 Å². The molecule has 1 amide bonds. The first-order valence-corrected chi connectivity index (χ1v) is 9.86. The van der Waals surface area contributed by atoms with Gasteiger partial charge in [0, 0.05) is 22.3 Å². The normalized spacial score (nSPS) is 15.9. The molecule has 1 N–H and O–H groups in total. The summed E-state index contributed by atoms with van der Waals surface area (Å²) < 4.78 is 0. The van der Waals surface area contributed by atoms with Crippen LogP contribution in [0.4, 0.5) is 0 Å². The van der Waals surface area contributed by atoms with E-state index in [2.05, 4.69) is 60.6 Å². The minimum Gasteiger partial charge on any atom is -0.349 e. The van der Waals surface area contributed by atoms with Crippen LogP contribution in [0.3, 0.4) is 0 Å². The maximum Gasteiger partial charge on any atom is 0.251 e. The Kier molecular flexibility index (Phi) is 6.16. The summed E-state index contributed by atoms with van der Waals surface area (Å²) >= 11 is 1.82. The van der Waals surface area contributed by atoms with E-state index in [1.54, 1.807) is 0 Å². The highest BCUT2D eigenvalue weighted by molar-refractivity contribution is 7.98. The number of carbonyl (C=O) groups excluding carboxylic acids is 1. The van der Waals surface area contributed by atoms with Gasteiger partial charge in [0.05, 0.1) is 0 Å². The van der Waals surface area contributed by atoms with Crippen LogP contribution in [-0.2, 0) is 5.75 Å². The van der Waals surface area contributed by atoms with Crippen LogP contribution in [-0.4, -0.2) is 37.0 Å². The van der Waals surface area contributed by atoms with Crippen LogP contribution in [0, 0.1) is 6.92 Å².